The number of rotatable bonds is 7. The zero-order chi connectivity index (χ0) is 23.5. The molecule has 3 aromatic heterocycles. The van der Waals surface area contributed by atoms with Crippen molar-refractivity contribution in [1.29, 1.82) is 0 Å². The Morgan fingerprint density at radius 3 is 2.70 bits per heavy atom. The lowest BCUT2D eigenvalue weighted by Crippen LogP contribution is -2.20. The van der Waals surface area contributed by atoms with Gasteiger partial charge in [0.25, 0.3) is 5.91 Å². The van der Waals surface area contributed by atoms with E-state index in [1.54, 1.807) is 30.5 Å². The number of esters is 1. The van der Waals surface area contributed by atoms with E-state index >= 15 is 0 Å². The molecule has 4 aromatic rings. The van der Waals surface area contributed by atoms with Crippen LogP contribution >= 0.6 is 22.9 Å². The van der Waals surface area contributed by atoms with Crippen LogP contribution in [0.2, 0.25) is 5.02 Å². The lowest BCUT2D eigenvalue weighted by molar-refractivity contribution is 0.0607. The highest BCUT2D eigenvalue weighted by molar-refractivity contribution is 7.21. The van der Waals surface area contributed by atoms with Crippen LogP contribution in [0.25, 0.3) is 10.2 Å². The van der Waals surface area contributed by atoms with Crippen LogP contribution in [0, 0.1) is 0 Å². The summed E-state index contributed by atoms with van der Waals surface area (Å²) in [6.45, 7) is 1.26. The number of aryl methyl sites for hydroxylation is 1. The minimum absolute atomic E-state index is 0.277. The number of ether oxygens (including phenoxy) is 1. The molecule has 4 rings (SSSR count). The Morgan fingerprint density at radius 1 is 1.21 bits per heavy atom. The molecule has 0 fully saturated rings. The van der Waals surface area contributed by atoms with E-state index in [9.17, 15) is 9.59 Å². The molecule has 0 bridgehead atoms. The largest absolute Gasteiger partial charge is 0.465 e. The lowest BCUT2D eigenvalue weighted by Gasteiger charge is -2.15. The summed E-state index contributed by atoms with van der Waals surface area (Å²) in [7, 11) is 5.25. The molecule has 0 aliphatic heterocycles. The van der Waals surface area contributed by atoms with Gasteiger partial charge in [0.1, 0.15) is 15.5 Å². The highest BCUT2D eigenvalue weighted by Gasteiger charge is 2.23. The zero-order valence-corrected chi connectivity index (χ0v) is 19.9. The van der Waals surface area contributed by atoms with Gasteiger partial charge >= 0.3 is 5.97 Å². The number of thiophene rings is 1. The summed E-state index contributed by atoms with van der Waals surface area (Å²) in [5.41, 5.74) is 1.52. The molecule has 0 saturated heterocycles. The second-order valence-corrected chi connectivity index (χ2v) is 8.92. The van der Waals surface area contributed by atoms with Gasteiger partial charge in [0.15, 0.2) is 0 Å². The molecule has 10 heteroatoms. The molecule has 0 spiro atoms. The van der Waals surface area contributed by atoms with Gasteiger partial charge in [-0.05, 0) is 31.3 Å². The number of amides is 1. The van der Waals surface area contributed by atoms with Crippen molar-refractivity contribution in [3.05, 3.63) is 75.8 Å². The van der Waals surface area contributed by atoms with Gasteiger partial charge in [-0.2, -0.15) is 0 Å². The number of benzene rings is 1. The van der Waals surface area contributed by atoms with Crippen molar-refractivity contribution in [3.8, 4) is 0 Å². The molecule has 33 heavy (non-hydrogen) atoms. The smallest absolute Gasteiger partial charge is 0.350 e. The average Bonchev–Trinajstić information content (AvgIpc) is 3.36. The number of pyridine rings is 1. The van der Waals surface area contributed by atoms with Crippen molar-refractivity contribution in [1.82, 2.24) is 19.4 Å². The summed E-state index contributed by atoms with van der Waals surface area (Å²) in [5.74, 6) is -0.00232. The van der Waals surface area contributed by atoms with Gasteiger partial charge in [-0.3, -0.25) is 9.69 Å². The predicted octanol–water partition coefficient (Wildman–Crippen LogP) is 4.35. The number of nitrogens with one attached hydrogen (secondary N) is 1. The number of halogens is 1. The Morgan fingerprint density at radius 2 is 2.00 bits per heavy atom. The number of hydrogen-bond donors (Lipinski definition) is 1. The third-order valence-corrected chi connectivity index (χ3v) is 6.51. The molecule has 0 saturated carbocycles. The number of nitrogens with zero attached hydrogens (tertiary/aromatic N) is 4. The molecule has 8 nitrogen and oxygen atoms in total. The molecule has 170 valence electrons. The Hall–Kier alpha value is -3.27. The van der Waals surface area contributed by atoms with Gasteiger partial charge in [-0.15, -0.1) is 11.3 Å². The first-order valence-corrected chi connectivity index (χ1v) is 11.3. The molecule has 0 unspecified atom stereocenters. The molecule has 1 aromatic carbocycles. The van der Waals surface area contributed by atoms with E-state index in [2.05, 4.69) is 15.2 Å². The van der Waals surface area contributed by atoms with Crippen molar-refractivity contribution in [3.63, 3.8) is 0 Å². The summed E-state index contributed by atoms with van der Waals surface area (Å²) in [5, 5.41) is 3.81. The van der Waals surface area contributed by atoms with Crippen LogP contribution in [0.15, 0.2) is 48.8 Å². The Kier molecular flexibility index (Phi) is 6.73. The van der Waals surface area contributed by atoms with E-state index < -0.39 is 11.9 Å². The average molecular weight is 484 g/mol. The number of fused-ring (bicyclic) bond motifs is 1. The van der Waals surface area contributed by atoms with Crippen LogP contribution in [0.4, 0.5) is 5.69 Å². The number of carbonyl (C=O) groups excluding carboxylic acids is 2. The van der Waals surface area contributed by atoms with Crippen LogP contribution in [-0.4, -0.2) is 45.5 Å². The van der Waals surface area contributed by atoms with Crippen LogP contribution in [0.1, 0.15) is 31.5 Å². The van der Waals surface area contributed by atoms with E-state index in [0.29, 0.717) is 39.6 Å². The summed E-state index contributed by atoms with van der Waals surface area (Å²) in [4.78, 5) is 37.4. The highest BCUT2D eigenvalue weighted by Crippen LogP contribution is 2.36. The van der Waals surface area contributed by atoms with Crippen LogP contribution < -0.4 is 5.32 Å². The van der Waals surface area contributed by atoms with Gasteiger partial charge in [0.05, 0.1) is 35.6 Å². The first-order valence-electron chi connectivity index (χ1n) is 10.1. The lowest BCUT2D eigenvalue weighted by atomic mass is 10.2. The van der Waals surface area contributed by atoms with E-state index in [0.717, 1.165) is 11.5 Å². The SMILES string of the molecule is COC(=O)c1sc2nc(CN(C)Cc3nccn3C)ccc2c1NC(=O)c1ccccc1Cl. The monoisotopic (exact) mass is 483 g/mol. The third kappa shape index (κ3) is 4.90. The maximum atomic E-state index is 12.9. The fraction of sp³-hybridized carbons (Fsp3) is 0.217. The first-order chi connectivity index (χ1) is 15.9. The van der Waals surface area contributed by atoms with E-state index in [1.807, 2.05) is 37.0 Å². The molecular weight excluding hydrogens is 462 g/mol. The van der Waals surface area contributed by atoms with Gasteiger partial charge in [0.2, 0.25) is 0 Å². The van der Waals surface area contributed by atoms with Crippen molar-refractivity contribution in [2.24, 2.45) is 7.05 Å². The summed E-state index contributed by atoms with van der Waals surface area (Å²) >= 11 is 7.34. The fourth-order valence-electron chi connectivity index (χ4n) is 3.41. The summed E-state index contributed by atoms with van der Waals surface area (Å²) in [6, 6.07) is 10.5. The van der Waals surface area contributed by atoms with Crippen LogP contribution in [0.3, 0.4) is 0 Å². The number of aromatic nitrogens is 3. The molecule has 0 aliphatic rings. The number of hydrogen-bond acceptors (Lipinski definition) is 7. The van der Waals surface area contributed by atoms with Crippen molar-refractivity contribution >= 4 is 50.7 Å². The van der Waals surface area contributed by atoms with Gasteiger partial charge < -0.3 is 14.6 Å². The molecule has 3 heterocycles. The standard InChI is InChI=1S/C23H22ClN5O3S/c1-28(13-18-25-10-11-29(18)2)12-14-8-9-16-19(20(23(31)32-3)33-22(16)26-14)27-21(30)15-6-4-5-7-17(15)24/h4-11H,12-13H2,1-3H3,(H,27,30). The highest BCUT2D eigenvalue weighted by atomic mass is 35.5. The normalized spacial score (nSPS) is 11.2. The molecular formula is C23H22ClN5O3S. The Bertz CT molecular complexity index is 1330. The Labute approximate surface area is 199 Å². The second-order valence-electron chi connectivity index (χ2n) is 7.51. The number of methoxy groups -OCH3 is 1. The predicted molar refractivity (Wildman–Crippen MR) is 129 cm³/mol. The minimum atomic E-state index is -0.541. The number of imidazole rings is 1. The van der Waals surface area contributed by atoms with E-state index in [1.165, 1.54) is 18.4 Å². The van der Waals surface area contributed by atoms with Crippen molar-refractivity contribution < 1.29 is 14.3 Å². The van der Waals surface area contributed by atoms with Crippen molar-refractivity contribution in [2.45, 2.75) is 13.1 Å². The fourth-order valence-corrected chi connectivity index (χ4v) is 4.70. The van der Waals surface area contributed by atoms with E-state index in [4.69, 9.17) is 21.3 Å². The maximum Gasteiger partial charge on any atom is 0.350 e. The molecule has 1 amide bonds. The molecule has 1 N–H and O–H groups in total. The van der Waals surface area contributed by atoms with Gasteiger partial charge in [-0.1, -0.05) is 23.7 Å². The summed E-state index contributed by atoms with van der Waals surface area (Å²) < 4.78 is 6.91. The quantitative estimate of drug-likeness (QED) is 0.393. The Balaban J connectivity index is 1.62. The zero-order valence-electron chi connectivity index (χ0n) is 18.3. The third-order valence-electron chi connectivity index (χ3n) is 5.11. The molecule has 0 aliphatic carbocycles. The first kappa shape index (κ1) is 22.9. The number of anilines is 1. The van der Waals surface area contributed by atoms with Gasteiger partial charge in [-0.25, -0.2) is 14.8 Å². The maximum absolute atomic E-state index is 12.9. The summed E-state index contributed by atoms with van der Waals surface area (Å²) in [6.07, 6.45) is 3.68. The van der Waals surface area contributed by atoms with Crippen LogP contribution in [0.5, 0.6) is 0 Å². The second kappa shape index (κ2) is 9.70. The molecule has 0 atom stereocenters. The number of carbonyl (C=O) groups is 2. The van der Waals surface area contributed by atoms with Crippen molar-refractivity contribution in [2.75, 3.05) is 19.5 Å². The van der Waals surface area contributed by atoms with E-state index in [-0.39, 0.29) is 4.88 Å². The minimum Gasteiger partial charge on any atom is -0.465 e. The van der Waals surface area contributed by atoms with Gasteiger partial charge in [0, 0.05) is 31.4 Å². The molecule has 0 radical (unpaired) electrons. The van der Waals surface area contributed by atoms with Crippen LogP contribution in [-0.2, 0) is 24.9 Å². The topological polar surface area (TPSA) is 89.3 Å².